The van der Waals surface area contributed by atoms with Crippen molar-refractivity contribution in [2.75, 3.05) is 33.2 Å². The number of nitrogens with one attached hydrogen (secondary N) is 2. The molecule has 1 aromatic rings. The average Bonchev–Trinajstić information content (AvgIpc) is 2.54. The summed E-state index contributed by atoms with van der Waals surface area (Å²) in [7, 11) is 1.78. The third-order valence-corrected chi connectivity index (χ3v) is 4.44. The topological polar surface area (TPSA) is 48.9 Å². The molecule has 0 amide bonds. The maximum Gasteiger partial charge on any atom is 0.191 e. The van der Waals surface area contributed by atoms with E-state index in [9.17, 15) is 0 Å². The van der Waals surface area contributed by atoms with Crippen molar-refractivity contribution in [3.63, 3.8) is 0 Å². The molecule has 2 unspecified atom stereocenters. The molecule has 1 fully saturated rings. The molecule has 2 atom stereocenters. The van der Waals surface area contributed by atoms with E-state index in [1.165, 1.54) is 0 Å². The molecule has 0 aliphatic carbocycles. The quantitative estimate of drug-likeness (QED) is 0.469. The monoisotopic (exact) mass is 352 g/mol. The van der Waals surface area contributed by atoms with Gasteiger partial charge in [0.25, 0.3) is 0 Å². The second kappa shape index (κ2) is 9.87. The van der Waals surface area contributed by atoms with E-state index in [0.717, 1.165) is 49.1 Å². The highest BCUT2D eigenvalue weighted by Gasteiger charge is 2.21. The normalized spacial score (nSPS) is 22.4. The summed E-state index contributed by atoms with van der Waals surface area (Å²) in [4.78, 5) is 6.73. The van der Waals surface area contributed by atoms with Crippen molar-refractivity contribution in [3.05, 3.63) is 34.9 Å². The standard InChI is InChI=1S/C18H29ClN4O/c1-14-12-23(13-15(2)24-14)10-6-9-21-18(20-3)22-11-16-7-4-5-8-17(16)19/h4-5,7-8,14-15H,6,9-13H2,1-3H3,(H2,20,21,22). The van der Waals surface area contributed by atoms with Crippen LogP contribution in [0.5, 0.6) is 0 Å². The highest BCUT2D eigenvalue weighted by molar-refractivity contribution is 6.31. The van der Waals surface area contributed by atoms with Gasteiger partial charge in [-0.1, -0.05) is 29.8 Å². The summed E-state index contributed by atoms with van der Waals surface area (Å²) < 4.78 is 5.76. The molecule has 6 heteroatoms. The van der Waals surface area contributed by atoms with Gasteiger partial charge in [0, 0.05) is 44.8 Å². The first kappa shape index (κ1) is 19.0. The highest BCUT2D eigenvalue weighted by atomic mass is 35.5. The van der Waals surface area contributed by atoms with Crippen molar-refractivity contribution in [3.8, 4) is 0 Å². The summed E-state index contributed by atoms with van der Waals surface area (Å²) >= 11 is 6.17. The summed E-state index contributed by atoms with van der Waals surface area (Å²) in [6.07, 6.45) is 1.73. The van der Waals surface area contributed by atoms with Gasteiger partial charge in [-0.15, -0.1) is 0 Å². The van der Waals surface area contributed by atoms with Gasteiger partial charge in [-0.25, -0.2) is 0 Å². The van der Waals surface area contributed by atoms with Crippen LogP contribution in [0.25, 0.3) is 0 Å². The Bertz CT molecular complexity index is 528. The Morgan fingerprint density at radius 3 is 2.62 bits per heavy atom. The summed E-state index contributed by atoms with van der Waals surface area (Å²) in [5.41, 5.74) is 1.07. The van der Waals surface area contributed by atoms with Gasteiger partial charge in [-0.3, -0.25) is 9.89 Å². The predicted molar refractivity (Wildman–Crippen MR) is 101 cm³/mol. The molecular weight excluding hydrogens is 324 g/mol. The number of hydrogen-bond donors (Lipinski definition) is 2. The fourth-order valence-corrected chi connectivity index (χ4v) is 3.22. The Morgan fingerprint density at radius 2 is 1.96 bits per heavy atom. The van der Waals surface area contributed by atoms with Crippen LogP contribution in [-0.2, 0) is 11.3 Å². The SMILES string of the molecule is CN=C(NCCCN1CC(C)OC(C)C1)NCc1ccccc1Cl. The molecule has 0 bridgehead atoms. The Balaban J connectivity index is 1.66. The molecule has 5 nitrogen and oxygen atoms in total. The predicted octanol–water partition coefficient (Wildman–Crippen LogP) is 2.50. The molecule has 1 saturated heterocycles. The zero-order valence-electron chi connectivity index (χ0n) is 14.9. The number of rotatable bonds is 6. The minimum absolute atomic E-state index is 0.326. The van der Waals surface area contributed by atoms with Crippen LogP contribution in [0.3, 0.4) is 0 Å². The van der Waals surface area contributed by atoms with Crippen LogP contribution in [0.1, 0.15) is 25.8 Å². The Hall–Kier alpha value is -1.30. The van der Waals surface area contributed by atoms with E-state index in [2.05, 4.69) is 34.4 Å². The maximum absolute atomic E-state index is 6.17. The van der Waals surface area contributed by atoms with Crippen molar-refractivity contribution in [1.29, 1.82) is 0 Å². The van der Waals surface area contributed by atoms with Crippen molar-refractivity contribution in [2.24, 2.45) is 4.99 Å². The molecule has 2 N–H and O–H groups in total. The second-order valence-electron chi connectivity index (χ2n) is 6.31. The average molecular weight is 353 g/mol. The van der Waals surface area contributed by atoms with Gasteiger partial charge in [-0.2, -0.15) is 0 Å². The molecule has 1 aliphatic rings. The van der Waals surface area contributed by atoms with E-state index in [0.29, 0.717) is 18.8 Å². The Labute approximate surface area is 150 Å². The third-order valence-electron chi connectivity index (χ3n) is 4.07. The fourth-order valence-electron chi connectivity index (χ4n) is 3.02. The smallest absolute Gasteiger partial charge is 0.191 e. The molecule has 0 radical (unpaired) electrons. The van der Waals surface area contributed by atoms with Gasteiger partial charge < -0.3 is 15.4 Å². The van der Waals surface area contributed by atoms with E-state index in [-0.39, 0.29) is 0 Å². The summed E-state index contributed by atoms with van der Waals surface area (Å²) in [6, 6.07) is 7.85. The van der Waals surface area contributed by atoms with Crippen molar-refractivity contribution < 1.29 is 4.74 Å². The Morgan fingerprint density at radius 1 is 1.25 bits per heavy atom. The summed E-state index contributed by atoms with van der Waals surface area (Å²) in [5.74, 6) is 0.804. The van der Waals surface area contributed by atoms with Crippen LogP contribution in [0.15, 0.2) is 29.3 Å². The molecular formula is C18H29ClN4O. The van der Waals surface area contributed by atoms with E-state index in [1.807, 2.05) is 24.3 Å². The second-order valence-corrected chi connectivity index (χ2v) is 6.72. The van der Waals surface area contributed by atoms with Crippen LogP contribution < -0.4 is 10.6 Å². The molecule has 0 saturated carbocycles. The Kier molecular flexibility index (Phi) is 7.82. The number of hydrogen-bond acceptors (Lipinski definition) is 3. The van der Waals surface area contributed by atoms with Crippen molar-refractivity contribution >= 4 is 17.6 Å². The number of morpholine rings is 1. The van der Waals surface area contributed by atoms with E-state index in [1.54, 1.807) is 7.05 Å². The maximum atomic E-state index is 6.17. The summed E-state index contributed by atoms with van der Waals surface area (Å²) in [5, 5.41) is 7.43. The lowest BCUT2D eigenvalue weighted by Gasteiger charge is -2.35. The molecule has 1 heterocycles. The van der Waals surface area contributed by atoms with Gasteiger partial charge in [0.15, 0.2) is 5.96 Å². The molecule has 2 rings (SSSR count). The largest absolute Gasteiger partial charge is 0.373 e. The first-order valence-corrected chi connectivity index (χ1v) is 9.02. The molecule has 1 aliphatic heterocycles. The minimum atomic E-state index is 0.326. The number of ether oxygens (including phenoxy) is 1. The van der Waals surface area contributed by atoms with Crippen LogP contribution in [0.2, 0.25) is 5.02 Å². The molecule has 0 spiro atoms. The van der Waals surface area contributed by atoms with E-state index in [4.69, 9.17) is 16.3 Å². The number of benzene rings is 1. The van der Waals surface area contributed by atoms with Gasteiger partial charge >= 0.3 is 0 Å². The number of aliphatic imine (C=N–C) groups is 1. The fraction of sp³-hybridized carbons (Fsp3) is 0.611. The first-order valence-electron chi connectivity index (χ1n) is 8.64. The van der Waals surface area contributed by atoms with Crippen LogP contribution in [-0.4, -0.2) is 56.3 Å². The lowest BCUT2D eigenvalue weighted by Crippen LogP contribution is -2.46. The zero-order valence-corrected chi connectivity index (χ0v) is 15.6. The van der Waals surface area contributed by atoms with Gasteiger partial charge in [0.1, 0.15) is 0 Å². The van der Waals surface area contributed by atoms with Gasteiger partial charge in [0.05, 0.1) is 12.2 Å². The minimum Gasteiger partial charge on any atom is -0.373 e. The lowest BCUT2D eigenvalue weighted by molar-refractivity contribution is -0.0679. The summed E-state index contributed by atoms with van der Waals surface area (Å²) in [6.45, 7) is 8.95. The van der Waals surface area contributed by atoms with Crippen LogP contribution in [0.4, 0.5) is 0 Å². The third kappa shape index (κ3) is 6.30. The van der Waals surface area contributed by atoms with Crippen LogP contribution in [0, 0.1) is 0 Å². The molecule has 134 valence electrons. The van der Waals surface area contributed by atoms with E-state index >= 15 is 0 Å². The van der Waals surface area contributed by atoms with Gasteiger partial charge in [-0.05, 0) is 31.9 Å². The lowest BCUT2D eigenvalue weighted by atomic mass is 10.2. The van der Waals surface area contributed by atoms with Gasteiger partial charge in [0.2, 0.25) is 0 Å². The molecule has 24 heavy (non-hydrogen) atoms. The van der Waals surface area contributed by atoms with Crippen molar-refractivity contribution in [2.45, 2.75) is 39.0 Å². The number of halogens is 1. The van der Waals surface area contributed by atoms with Crippen molar-refractivity contribution in [1.82, 2.24) is 15.5 Å². The first-order chi connectivity index (χ1) is 11.6. The zero-order chi connectivity index (χ0) is 17.4. The molecule has 0 aromatic heterocycles. The number of guanidine groups is 1. The number of nitrogens with zero attached hydrogens (tertiary/aromatic N) is 2. The highest BCUT2D eigenvalue weighted by Crippen LogP contribution is 2.14. The van der Waals surface area contributed by atoms with E-state index < -0.39 is 0 Å². The van der Waals surface area contributed by atoms with Crippen LogP contribution >= 0.6 is 11.6 Å². The molecule has 1 aromatic carbocycles.